The average molecular weight is 1120 g/mol. The zero-order valence-electron chi connectivity index (χ0n) is 46.4. The molecule has 4 saturated carbocycles. The van der Waals surface area contributed by atoms with Crippen molar-refractivity contribution in [3.8, 4) is 34.1 Å². The second-order valence-corrected chi connectivity index (χ2v) is 25.7. The molecule has 2 aromatic carbocycles. The minimum atomic E-state index is -4.67. The quantitative estimate of drug-likeness (QED) is 0.0451. The maximum Gasteiger partial charge on any atom is 0.394 e. The number of esters is 1. The fourth-order valence-electron chi connectivity index (χ4n) is 15.7. The Hall–Kier alpha value is -4.91. The third-order valence-electron chi connectivity index (χ3n) is 19.5. The lowest BCUT2D eigenvalue weighted by molar-refractivity contribution is -0.354. The molecule has 4 aliphatic carbocycles. The van der Waals surface area contributed by atoms with Crippen LogP contribution < -0.4 is 15.1 Å². The zero-order chi connectivity index (χ0) is 58.2. The van der Waals surface area contributed by atoms with Crippen LogP contribution in [-0.4, -0.2) is 147 Å². The highest BCUT2D eigenvalue weighted by Crippen LogP contribution is 2.78. The maximum atomic E-state index is 12.9. The predicted octanol–water partition coefficient (Wildman–Crippen LogP) is 5.91. The third-order valence-corrected chi connectivity index (χ3v) is 19.5. The van der Waals surface area contributed by atoms with Crippen LogP contribution in [0.3, 0.4) is 0 Å². The van der Waals surface area contributed by atoms with E-state index in [0.717, 1.165) is 17.6 Å². The highest BCUT2D eigenvalue weighted by atomic mass is 32.3. The van der Waals surface area contributed by atoms with E-state index in [0.29, 0.717) is 84.6 Å². The summed E-state index contributed by atoms with van der Waals surface area (Å²) in [5, 5.41) is 95.1. The van der Waals surface area contributed by atoms with Gasteiger partial charge in [0.15, 0.2) is 11.7 Å². The van der Waals surface area contributed by atoms with Crippen molar-refractivity contribution in [2.24, 2.45) is 29.1 Å². The molecule has 5 heterocycles. The SMILES string of the molecule is CC=C(C)C(=O)OC1CCC2(C)C3CCC4C5(O)CC(O)C6(O)C(CN7CC(C)CCC7C6(C)O)C5(O)CC42OC13O.COc1c(CC=C(C)C)c2c(c3oc(=O)c(-c4ccc(O)cc4)c(O)c13)C=CC(C)(C)O2.O=S(=O)(O)O. The van der Waals surface area contributed by atoms with Gasteiger partial charge in [0.25, 0.3) is 0 Å². The van der Waals surface area contributed by atoms with Gasteiger partial charge in [0.2, 0.25) is 5.79 Å². The Morgan fingerprint density at radius 1 is 0.899 bits per heavy atom. The molecule has 0 amide bonds. The summed E-state index contributed by atoms with van der Waals surface area (Å²) in [7, 11) is -3.15. The molecule has 21 heteroatoms. The van der Waals surface area contributed by atoms with Gasteiger partial charge in [-0.2, -0.15) is 8.42 Å². The first-order valence-corrected chi connectivity index (χ1v) is 28.5. The Morgan fingerprint density at radius 3 is 2.16 bits per heavy atom. The number of hydrogen-bond donors (Lipinski definition) is 10. The Bertz CT molecular complexity index is 3190. The summed E-state index contributed by atoms with van der Waals surface area (Å²) in [5.41, 5.74) is -7.11. The molecular weight excluding hydrogens is 1050 g/mol. The summed E-state index contributed by atoms with van der Waals surface area (Å²) >= 11 is 0. The van der Waals surface area contributed by atoms with Gasteiger partial charge in [-0.25, -0.2) is 9.59 Å². The highest BCUT2D eigenvalue weighted by Gasteiger charge is 2.89. The van der Waals surface area contributed by atoms with E-state index in [4.69, 9.17) is 40.9 Å². The van der Waals surface area contributed by atoms with E-state index < -0.39 is 96.8 Å². The molecule has 434 valence electrons. The zero-order valence-corrected chi connectivity index (χ0v) is 47.3. The summed E-state index contributed by atoms with van der Waals surface area (Å²) in [5.74, 6) is -3.27. The van der Waals surface area contributed by atoms with E-state index >= 15 is 0 Å². The van der Waals surface area contributed by atoms with Crippen molar-refractivity contribution < 1.29 is 86.5 Å². The molecule has 14 atom stereocenters. The summed E-state index contributed by atoms with van der Waals surface area (Å²) in [6.45, 7) is 17.9. The fraction of sp³-hybridized carbons (Fsp3) is 0.621. The van der Waals surface area contributed by atoms with Crippen LogP contribution in [0.2, 0.25) is 0 Å². The van der Waals surface area contributed by atoms with Gasteiger partial charge in [-0.3, -0.25) is 14.0 Å². The highest BCUT2D eigenvalue weighted by molar-refractivity contribution is 7.79. The summed E-state index contributed by atoms with van der Waals surface area (Å²) < 4.78 is 62.0. The maximum absolute atomic E-state index is 12.9. The van der Waals surface area contributed by atoms with Crippen molar-refractivity contribution in [3.05, 3.63) is 75.2 Å². The smallest absolute Gasteiger partial charge is 0.394 e. The van der Waals surface area contributed by atoms with Crippen molar-refractivity contribution >= 4 is 33.4 Å². The van der Waals surface area contributed by atoms with Crippen molar-refractivity contribution in [2.45, 2.75) is 178 Å². The first-order chi connectivity index (χ1) is 36.6. The number of phenolic OH excluding ortho intramolecular Hbond substituents is 1. The van der Waals surface area contributed by atoms with Crippen LogP contribution >= 0.6 is 0 Å². The van der Waals surface area contributed by atoms with Crippen molar-refractivity contribution in [1.82, 2.24) is 4.90 Å². The Morgan fingerprint density at radius 2 is 1.54 bits per heavy atom. The largest absolute Gasteiger partial charge is 0.508 e. The third kappa shape index (κ3) is 8.96. The van der Waals surface area contributed by atoms with E-state index in [2.05, 4.69) is 17.9 Å². The van der Waals surface area contributed by atoms with Gasteiger partial charge in [0, 0.05) is 66.3 Å². The van der Waals surface area contributed by atoms with Crippen molar-refractivity contribution in [1.29, 1.82) is 0 Å². The molecule has 7 fully saturated rings. The molecule has 11 rings (SSSR count). The number of fused-ring (bicyclic) bond motifs is 8. The average Bonchev–Trinajstić information content (AvgIpc) is 1.67. The Balaban J connectivity index is 0.000000182. The summed E-state index contributed by atoms with van der Waals surface area (Å²) in [6.07, 6.45) is 8.60. The van der Waals surface area contributed by atoms with E-state index in [9.17, 15) is 50.4 Å². The molecule has 0 radical (unpaired) electrons. The number of allylic oxidation sites excluding steroid dienone is 3. The Kier molecular flexibility index (Phi) is 14.6. The topological polar surface area (TPSA) is 324 Å². The van der Waals surface area contributed by atoms with Gasteiger partial charge in [0.05, 0.1) is 24.4 Å². The normalized spacial score (nSPS) is 38.5. The minimum absolute atomic E-state index is 0.00458. The minimum Gasteiger partial charge on any atom is -0.508 e. The standard InChI is InChI=1S/C32H49NO9.C26H26O6.H2O4S/c1-6-18(3)25(35)41-24-11-12-26(4)19-8-9-20-28(37)13-23(34)31(39)21(29(28,38)16-30(20,26)42-32(19,24)40)15-33-14-17(2)7-10-22(33)27(31,5)36;1-14(2)6-11-17-22-18(12-13-26(3,4)32-22)24-20(23(17)30-5)21(28)19(25(29)31-24)15-7-9-16(27)10-8-15;1-5(2,3)4/h6,17,19-24,34,36-40H,7-16H2,1-5H3;6-10,12-13,27-28H,11H2,1-5H3;(H2,1,2,3,4). The number of carbonyl (C=O) groups is 1. The number of benzene rings is 2. The molecule has 1 aromatic heterocycles. The summed E-state index contributed by atoms with van der Waals surface area (Å²) in [6, 6.07) is 5.60. The molecule has 3 saturated heterocycles. The Labute approximate surface area is 459 Å². The predicted molar refractivity (Wildman–Crippen MR) is 288 cm³/mol. The number of aliphatic hydroxyl groups excluding tert-OH is 1. The molecule has 8 aliphatic rings. The van der Waals surface area contributed by atoms with Gasteiger partial charge in [-0.05, 0) is 129 Å². The number of hydrogen-bond acceptors (Lipinski definition) is 18. The molecule has 10 N–H and O–H groups in total. The van der Waals surface area contributed by atoms with Gasteiger partial charge >= 0.3 is 22.0 Å². The van der Waals surface area contributed by atoms with E-state index in [1.165, 1.54) is 19.2 Å². The van der Waals surface area contributed by atoms with Crippen LogP contribution in [0.4, 0.5) is 0 Å². The molecule has 1 spiro atoms. The molecule has 79 heavy (non-hydrogen) atoms. The van der Waals surface area contributed by atoms with Crippen LogP contribution in [0.1, 0.15) is 125 Å². The van der Waals surface area contributed by atoms with E-state index in [1.54, 1.807) is 39.0 Å². The van der Waals surface area contributed by atoms with Crippen molar-refractivity contribution in [2.75, 3.05) is 20.2 Å². The number of methoxy groups -OCH3 is 1. The molecule has 20 nitrogen and oxygen atoms in total. The van der Waals surface area contributed by atoms with Crippen molar-refractivity contribution in [3.63, 3.8) is 0 Å². The number of rotatable bonds is 6. The second-order valence-electron chi connectivity index (χ2n) is 24.8. The van der Waals surface area contributed by atoms with Gasteiger partial charge in [0.1, 0.15) is 62.0 Å². The second kappa shape index (κ2) is 19.6. The number of carbonyl (C=O) groups excluding carboxylic acids is 1. The number of piperidine rings is 2. The number of ether oxygens (including phenoxy) is 4. The van der Waals surface area contributed by atoms with Crippen LogP contribution in [0, 0.1) is 29.1 Å². The first kappa shape index (κ1) is 58.7. The van der Waals surface area contributed by atoms with Gasteiger partial charge < -0.3 is 64.2 Å². The van der Waals surface area contributed by atoms with Gasteiger partial charge in [-0.15, -0.1) is 0 Å². The fourth-order valence-corrected chi connectivity index (χ4v) is 15.7. The molecule has 14 unspecified atom stereocenters. The lowest BCUT2D eigenvalue weighted by Crippen LogP contribution is -2.85. The molecular formula is C58H77NO19S. The van der Waals surface area contributed by atoms with Crippen LogP contribution in [0.5, 0.6) is 23.0 Å². The molecule has 4 bridgehead atoms. The number of nitrogens with zero attached hydrogens (tertiary/aromatic N) is 1. The van der Waals surface area contributed by atoms with Gasteiger partial charge in [-0.1, -0.05) is 43.7 Å². The van der Waals surface area contributed by atoms with Crippen LogP contribution in [0.25, 0.3) is 28.2 Å². The van der Waals surface area contributed by atoms with Crippen LogP contribution in [-0.2, 0) is 31.1 Å². The number of phenols is 1. The lowest BCUT2D eigenvalue weighted by Gasteiger charge is -2.68. The monoisotopic (exact) mass is 1120 g/mol. The molecule has 4 aliphatic heterocycles. The van der Waals surface area contributed by atoms with E-state index in [-0.39, 0.29) is 48.1 Å². The van der Waals surface area contributed by atoms with Crippen LogP contribution in [0.15, 0.2) is 62.9 Å². The first-order valence-electron chi connectivity index (χ1n) is 27.1. The molecule has 3 aromatic rings. The number of aliphatic hydroxyl groups is 6. The lowest BCUT2D eigenvalue weighted by atomic mass is 9.49. The van der Waals surface area contributed by atoms with E-state index in [1.807, 2.05) is 46.8 Å². The summed E-state index contributed by atoms with van der Waals surface area (Å²) in [4.78, 5) is 27.8. The number of aromatic hydroxyl groups is 2.